The van der Waals surface area contributed by atoms with Crippen molar-refractivity contribution in [3.63, 3.8) is 0 Å². The Bertz CT molecular complexity index is 554. The van der Waals surface area contributed by atoms with E-state index < -0.39 is 5.97 Å². The van der Waals surface area contributed by atoms with Gasteiger partial charge in [0.2, 0.25) is 0 Å². The molecule has 22 heavy (non-hydrogen) atoms. The summed E-state index contributed by atoms with van der Waals surface area (Å²) < 4.78 is 5.68. The Balaban J connectivity index is 2.30. The third-order valence-electron chi connectivity index (χ3n) is 4.70. The summed E-state index contributed by atoms with van der Waals surface area (Å²) in [5, 5.41) is 9.82. The van der Waals surface area contributed by atoms with Crippen molar-refractivity contribution < 1.29 is 14.6 Å². The second-order valence-electron chi connectivity index (χ2n) is 6.55. The van der Waals surface area contributed by atoms with Crippen LogP contribution in [-0.4, -0.2) is 18.2 Å². The summed E-state index contributed by atoms with van der Waals surface area (Å²) in [4.78, 5) is 11.1. The zero-order valence-electron chi connectivity index (χ0n) is 13.7. The topological polar surface area (TPSA) is 46.5 Å². The molecule has 0 radical (unpaired) electrons. The first-order valence-corrected chi connectivity index (χ1v) is 8.36. The van der Waals surface area contributed by atoms with E-state index in [1.54, 1.807) is 7.11 Å². The average Bonchev–Trinajstić information content (AvgIpc) is 3.23. The highest BCUT2D eigenvalue weighted by atomic mass is 35.5. The van der Waals surface area contributed by atoms with E-state index in [9.17, 15) is 4.79 Å². The Hall–Kier alpha value is -1.22. The fourth-order valence-electron chi connectivity index (χ4n) is 3.29. The predicted octanol–water partition coefficient (Wildman–Crippen LogP) is 5.08. The normalized spacial score (nSPS) is 21.7. The SMILES string of the molecule is CCC(CC1CC1C(=O)O)c1cc(Cl)cc(C(C)C)c1OC. The maximum Gasteiger partial charge on any atom is 0.306 e. The van der Waals surface area contributed by atoms with Crippen LogP contribution in [0.2, 0.25) is 5.02 Å². The highest BCUT2D eigenvalue weighted by Crippen LogP contribution is 2.48. The van der Waals surface area contributed by atoms with Crippen LogP contribution >= 0.6 is 11.6 Å². The van der Waals surface area contributed by atoms with E-state index in [1.165, 1.54) is 0 Å². The number of hydrogen-bond acceptors (Lipinski definition) is 2. The molecule has 1 saturated carbocycles. The molecule has 1 aromatic carbocycles. The molecule has 0 bridgehead atoms. The molecule has 122 valence electrons. The van der Waals surface area contributed by atoms with Gasteiger partial charge in [0, 0.05) is 5.02 Å². The van der Waals surface area contributed by atoms with Gasteiger partial charge in [0.25, 0.3) is 0 Å². The second kappa shape index (κ2) is 6.91. The van der Waals surface area contributed by atoms with E-state index in [-0.39, 0.29) is 11.8 Å². The third kappa shape index (κ3) is 3.57. The van der Waals surface area contributed by atoms with Gasteiger partial charge in [-0.05, 0) is 60.3 Å². The molecular weight excluding hydrogens is 300 g/mol. The smallest absolute Gasteiger partial charge is 0.306 e. The Labute approximate surface area is 137 Å². The Morgan fingerprint density at radius 3 is 2.50 bits per heavy atom. The first-order chi connectivity index (χ1) is 10.4. The summed E-state index contributed by atoms with van der Waals surface area (Å²) in [6, 6.07) is 3.96. The number of methoxy groups -OCH3 is 1. The molecule has 3 atom stereocenters. The molecule has 0 aromatic heterocycles. The van der Waals surface area contributed by atoms with E-state index in [4.69, 9.17) is 21.4 Å². The number of halogens is 1. The zero-order chi connectivity index (χ0) is 16.4. The summed E-state index contributed by atoms with van der Waals surface area (Å²) in [5.74, 6) is 0.995. The number of benzene rings is 1. The second-order valence-corrected chi connectivity index (χ2v) is 6.99. The van der Waals surface area contributed by atoms with Gasteiger partial charge in [0.15, 0.2) is 0 Å². The quantitative estimate of drug-likeness (QED) is 0.761. The lowest BCUT2D eigenvalue weighted by Gasteiger charge is -2.22. The number of carbonyl (C=O) groups is 1. The number of ether oxygens (including phenoxy) is 1. The van der Waals surface area contributed by atoms with Gasteiger partial charge in [0.1, 0.15) is 5.75 Å². The van der Waals surface area contributed by atoms with Crippen molar-refractivity contribution in [3.05, 3.63) is 28.3 Å². The van der Waals surface area contributed by atoms with Crippen LogP contribution in [0.4, 0.5) is 0 Å². The van der Waals surface area contributed by atoms with Crippen molar-refractivity contribution in [2.75, 3.05) is 7.11 Å². The van der Waals surface area contributed by atoms with Crippen molar-refractivity contribution in [2.45, 2.75) is 51.9 Å². The fraction of sp³-hybridized carbons (Fsp3) is 0.611. The highest BCUT2D eigenvalue weighted by Gasteiger charge is 2.44. The maximum absolute atomic E-state index is 11.1. The van der Waals surface area contributed by atoms with Crippen LogP contribution in [0.25, 0.3) is 0 Å². The molecule has 4 heteroatoms. The van der Waals surface area contributed by atoms with E-state index in [0.717, 1.165) is 41.2 Å². The van der Waals surface area contributed by atoms with Gasteiger partial charge >= 0.3 is 5.97 Å². The first kappa shape index (κ1) is 17.1. The molecule has 0 amide bonds. The summed E-state index contributed by atoms with van der Waals surface area (Å²) in [5.41, 5.74) is 2.24. The van der Waals surface area contributed by atoms with Gasteiger partial charge < -0.3 is 9.84 Å². The van der Waals surface area contributed by atoms with Gasteiger partial charge in [-0.25, -0.2) is 0 Å². The summed E-state index contributed by atoms with van der Waals surface area (Å²) >= 11 is 6.31. The fourth-order valence-corrected chi connectivity index (χ4v) is 3.53. The number of carboxylic acids is 1. The molecule has 1 fully saturated rings. The van der Waals surface area contributed by atoms with E-state index in [0.29, 0.717) is 11.8 Å². The standard InChI is InChI=1S/C18H25ClO3/c1-5-11(6-12-7-16(12)18(20)21)15-9-13(19)8-14(10(2)3)17(15)22-4/h8-12,16H,5-7H2,1-4H3,(H,20,21). The molecule has 1 aliphatic rings. The van der Waals surface area contributed by atoms with Crippen molar-refractivity contribution in [1.29, 1.82) is 0 Å². The zero-order valence-corrected chi connectivity index (χ0v) is 14.5. The van der Waals surface area contributed by atoms with Gasteiger partial charge in [0.05, 0.1) is 13.0 Å². The third-order valence-corrected chi connectivity index (χ3v) is 4.92. The lowest BCUT2D eigenvalue weighted by Crippen LogP contribution is -2.07. The molecule has 0 spiro atoms. The van der Waals surface area contributed by atoms with Crippen LogP contribution in [0, 0.1) is 11.8 Å². The van der Waals surface area contributed by atoms with Crippen LogP contribution in [0.3, 0.4) is 0 Å². The van der Waals surface area contributed by atoms with Crippen molar-refractivity contribution in [3.8, 4) is 5.75 Å². The summed E-state index contributed by atoms with van der Waals surface area (Å²) in [6.45, 7) is 6.39. The lowest BCUT2D eigenvalue weighted by atomic mass is 9.87. The molecule has 1 aromatic rings. The molecule has 1 aliphatic carbocycles. The van der Waals surface area contributed by atoms with Crippen molar-refractivity contribution >= 4 is 17.6 Å². The summed E-state index contributed by atoms with van der Waals surface area (Å²) in [6.07, 6.45) is 2.64. The first-order valence-electron chi connectivity index (χ1n) is 7.99. The molecule has 2 rings (SSSR count). The van der Waals surface area contributed by atoms with E-state index in [2.05, 4.69) is 20.8 Å². The molecule has 3 unspecified atom stereocenters. The van der Waals surface area contributed by atoms with Crippen LogP contribution < -0.4 is 4.74 Å². The van der Waals surface area contributed by atoms with Crippen LogP contribution in [0.1, 0.15) is 63.0 Å². The van der Waals surface area contributed by atoms with Gasteiger partial charge in [-0.15, -0.1) is 0 Å². The van der Waals surface area contributed by atoms with Crippen LogP contribution in [0.15, 0.2) is 12.1 Å². The van der Waals surface area contributed by atoms with Crippen molar-refractivity contribution in [1.82, 2.24) is 0 Å². The minimum absolute atomic E-state index is 0.163. The Morgan fingerprint density at radius 1 is 1.41 bits per heavy atom. The van der Waals surface area contributed by atoms with Gasteiger partial charge in [-0.3, -0.25) is 4.79 Å². The number of hydrogen-bond donors (Lipinski definition) is 1. The number of aliphatic carboxylic acids is 1. The molecule has 0 saturated heterocycles. The predicted molar refractivity (Wildman–Crippen MR) is 89.0 cm³/mol. The number of carboxylic acid groups (broad SMARTS) is 1. The van der Waals surface area contributed by atoms with E-state index in [1.807, 2.05) is 12.1 Å². The van der Waals surface area contributed by atoms with Gasteiger partial charge in [-0.1, -0.05) is 32.4 Å². The Kier molecular flexibility index (Phi) is 5.38. The average molecular weight is 325 g/mol. The van der Waals surface area contributed by atoms with Crippen LogP contribution in [0.5, 0.6) is 5.75 Å². The number of rotatable bonds is 7. The minimum Gasteiger partial charge on any atom is -0.496 e. The molecule has 0 aliphatic heterocycles. The molecular formula is C18H25ClO3. The molecule has 1 N–H and O–H groups in total. The lowest BCUT2D eigenvalue weighted by molar-refractivity contribution is -0.138. The van der Waals surface area contributed by atoms with E-state index >= 15 is 0 Å². The van der Waals surface area contributed by atoms with Gasteiger partial charge in [-0.2, -0.15) is 0 Å². The largest absolute Gasteiger partial charge is 0.496 e. The summed E-state index contributed by atoms with van der Waals surface area (Å²) in [7, 11) is 1.70. The highest BCUT2D eigenvalue weighted by molar-refractivity contribution is 6.30. The maximum atomic E-state index is 11.1. The minimum atomic E-state index is -0.666. The molecule has 3 nitrogen and oxygen atoms in total. The van der Waals surface area contributed by atoms with Crippen LogP contribution in [-0.2, 0) is 4.79 Å². The van der Waals surface area contributed by atoms with Crippen molar-refractivity contribution in [2.24, 2.45) is 11.8 Å². The monoisotopic (exact) mass is 324 g/mol. The molecule has 0 heterocycles. The Morgan fingerprint density at radius 2 is 2.05 bits per heavy atom.